The first kappa shape index (κ1) is 8.54. The minimum Gasteiger partial charge on any atom is -0.232 e. The van der Waals surface area contributed by atoms with Crippen molar-refractivity contribution in [1.82, 2.24) is 0 Å². The first-order chi connectivity index (χ1) is 6.31. The van der Waals surface area contributed by atoms with E-state index < -0.39 is 0 Å². The molecule has 2 aromatic carbocycles. The largest absolute Gasteiger partial charge is 0.232 e. The van der Waals surface area contributed by atoms with Gasteiger partial charge in [0.15, 0.2) is 0 Å². The molecule has 0 spiro atoms. The summed E-state index contributed by atoms with van der Waals surface area (Å²) in [4.78, 5) is 0. The molecule has 0 aliphatic rings. The second kappa shape index (κ2) is 3.36. The van der Waals surface area contributed by atoms with E-state index in [-0.39, 0.29) is 6.61 Å². The van der Waals surface area contributed by atoms with Crippen molar-refractivity contribution in [3.05, 3.63) is 47.0 Å². The highest BCUT2D eigenvalue weighted by Crippen LogP contribution is 2.25. The monoisotopic (exact) mass is 191 g/mol. The van der Waals surface area contributed by atoms with Gasteiger partial charge in [0, 0.05) is 10.4 Å². The third kappa shape index (κ3) is 1.53. The quantitative estimate of drug-likeness (QED) is 0.658. The molecule has 0 aliphatic heterocycles. The molecule has 2 rings (SSSR count). The fourth-order valence-corrected chi connectivity index (χ4v) is 1.72. The van der Waals surface area contributed by atoms with Gasteiger partial charge in [-0.2, -0.15) is 0 Å². The summed E-state index contributed by atoms with van der Waals surface area (Å²) in [6.45, 7) is -0.218. The van der Waals surface area contributed by atoms with Crippen molar-refractivity contribution in [3.63, 3.8) is 0 Å². The van der Waals surface area contributed by atoms with E-state index in [1.807, 2.05) is 30.3 Å². The van der Waals surface area contributed by atoms with E-state index in [0.717, 1.165) is 16.3 Å². The molecule has 0 fully saturated rings. The van der Waals surface area contributed by atoms with Crippen LogP contribution in [0.15, 0.2) is 36.4 Å². The fraction of sp³-hybridized carbons (Fsp3) is 0.0909. The van der Waals surface area contributed by atoms with Gasteiger partial charge >= 0.3 is 0 Å². The highest BCUT2D eigenvalue weighted by Gasteiger charge is 2.00. The number of benzene rings is 2. The second-order valence-electron chi connectivity index (χ2n) is 2.94. The molecular formula is C11H8ClO. The lowest BCUT2D eigenvalue weighted by Gasteiger charge is -2.02. The van der Waals surface area contributed by atoms with Gasteiger partial charge in [0.25, 0.3) is 0 Å². The van der Waals surface area contributed by atoms with Gasteiger partial charge in [0.1, 0.15) is 6.61 Å². The number of halogens is 1. The van der Waals surface area contributed by atoms with Crippen LogP contribution in [0.4, 0.5) is 0 Å². The zero-order chi connectivity index (χ0) is 9.26. The normalized spacial score (nSPS) is 10.6. The van der Waals surface area contributed by atoms with Crippen LogP contribution < -0.4 is 0 Å². The molecular weight excluding hydrogens is 184 g/mol. The molecule has 0 unspecified atom stereocenters. The summed E-state index contributed by atoms with van der Waals surface area (Å²) in [6, 6.07) is 11.4. The lowest BCUT2D eigenvalue weighted by molar-refractivity contribution is 0.177. The maximum atomic E-state index is 10.7. The number of fused-ring (bicyclic) bond motifs is 1. The Morgan fingerprint density at radius 1 is 1.15 bits per heavy atom. The van der Waals surface area contributed by atoms with E-state index in [2.05, 4.69) is 0 Å². The zero-order valence-electron chi connectivity index (χ0n) is 6.96. The van der Waals surface area contributed by atoms with Gasteiger partial charge in [-0.1, -0.05) is 35.9 Å². The van der Waals surface area contributed by atoms with Crippen LogP contribution in [0.3, 0.4) is 0 Å². The second-order valence-corrected chi connectivity index (χ2v) is 3.35. The first-order valence-electron chi connectivity index (χ1n) is 4.06. The Morgan fingerprint density at radius 2 is 1.92 bits per heavy atom. The van der Waals surface area contributed by atoms with Gasteiger partial charge in [-0.15, -0.1) is 0 Å². The first-order valence-corrected chi connectivity index (χ1v) is 4.44. The summed E-state index contributed by atoms with van der Waals surface area (Å²) in [7, 11) is 0. The Kier molecular flexibility index (Phi) is 2.21. The molecule has 0 saturated heterocycles. The Morgan fingerprint density at radius 3 is 2.69 bits per heavy atom. The van der Waals surface area contributed by atoms with Crippen molar-refractivity contribution in [3.8, 4) is 0 Å². The Bertz CT molecular complexity index is 437. The zero-order valence-corrected chi connectivity index (χ0v) is 7.71. The Labute approximate surface area is 81.6 Å². The molecule has 65 valence electrons. The third-order valence-electron chi connectivity index (χ3n) is 2.04. The Balaban J connectivity index is 2.77. The van der Waals surface area contributed by atoms with Crippen molar-refractivity contribution >= 4 is 22.4 Å². The van der Waals surface area contributed by atoms with Crippen molar-refractivity contribution in [1.29, 1.82) is 0 Å². The summed E-state index contributed by atoms with van der Waals surface area (Å²) < 4.78 is 0. The van der Waals surface area contributed by atoms with Gasteiger partial charge < -0.3 is 0 Å². The van der Waals surface area contributed by atoms with Crippen LogP contribution >= 0.6 is 11.6 Å². The van der Waals surface area contributed by atoms with E-state index in [1.54, 1.807) is 6.07 Å². The molecule has 2 heteroatoms. The lowest BCUT2D eigenvalue weighted by Crippen LogP contribution is -1.82. The van der Waals surface area contributed by atoms with E-state index in [0.29, 0.717) is 5.02 Å². The Hall–Kier alpha value is -1.05. The maximum absolute atomic E-state index is 10.7. The van der Waals surface area contributed by atoms with Gasteiger partial charge in [-0.25, -0.2) is 5.11 Å². The highest BCUT2D eigenvalue weighted by atomic mass is 35.5. The summed E-state index contributed by atoms with van der Waals surface area (Å²) in [5.74, 6) is 0. The molecule has 0 bridgehead atoms. The molecule has 0 saturated carbocycles. The van der Waals surface area contributed by atoms with E-state index in [1.165, 1.54) is 0 Å². The predicted molar refractivity (Wildman–Crippen MR) is 53.3 cm³/mol. The van der Waals surface area contributed by atoms with Gasteiger partial charge in [0.2, 0.25) is 0 Å². The van der Waals surface area contributed by atoms with Gasteiger partial charge in [-0.3, -0.25) is 0 Å². The average molecular weight is 192 g/mol. The summed E-state index contributed by atoms with van der Waals surface area (Å²) in [6.07, 6.45) is 0. The van der Waals surface area contributed by atoms with Crippen LogP contribution in [0.2, 0.25) is 5.02 Å². The molecule has 1 radical (unpaired) electrons. The third-order valence-corrected chi connectivity index (χ3v) is 2.35. The summed E-state index contributed by atoms with van der Waals surface area (Å²) in [5, 5.41) is 13.4. The van der Waals surface area contributed by atoms with Crippen LogP contribution in [-0.2, 0) is 11.7 Å². The maximum Gasteiger partial charge on any atom is 0.107 e. The minimum absolute atomic E-state index is 0.218. The van der Waals surface area contributed by atoms with Crippen LogP contribution in [0, 0.1) is 0 Å². The van der Waals surface area contributed by atoms with Crippen LogP contribution in [0.25, 0.3) is 10.8 Å². The van der Waals surface area contributed by atoms with Crippen LogP contribution in [0.5, 0.6) is 0 Å². The van der Waals surface area contributed by atoms with E-state index in [9.17, 15) is 5.11 Å². The summed E-state index contributed by atoms with van der Waals surface area (Å²) >= 11 is 6.00. The minimum atomic E-state index is -0.218. The molecule has 0 atom stereocenters. The van der Waals surface area contributed by atoms with Crippen molar-refractivity contribution < 1.29 is 5.11 Å². The molecule has 0 aromatic heterocycles. The molecule has 13 heavy (non-hydrogen) atoms. The van der Waals surface area contributed by atoms with Crippen molar-refractivity contribution in [2.75, 3.05) is 0 Å². The van der Waals surface area contributed by atoms with E-state index >= 15 is 0 Å². The van der Waals surface area contributed by atoms with Crippen molar-refractivity contribution in [2.45, 2.75) is 6.61 Å². The number of rotatable bonds is 1. The van der Waals surface area contributed by atoms with E-state index in [4.69, 9.17) is 11.6 Å². The SMILES string of the molecule is [O]Cc1cc(Cl)c2ccccc2c1. The fourth-order valence-electron chi connectivity index (χ4n) is 1.41. The molecule has 1 nitrogen and oxygen atoms in total. The average Bonchev–Trinajstić information content (AvgIpc) is 2.18. The van der Waals surface area contributed by atoms with Crippen LogP contribution in [-0.4, -0.2) is 0 Å². The smallest absolute Gasteiger partial charge is 0.107 e. The van der Waals surface area contributed by atoms with Gasteiger partial charge in [-0.05, 0) is 23.1 Å². The topological polar surface area (TPSA) is 19.9 Å². The highest BCUT2D eigenvalue weighted by molar-refractivity contribution is 6.35. The van der Waals surface area contributed by atoms with Crippen LogP contribution in [0.1, 0.15) is 5.56 Å². The van der Waals surface area contributed by atoms with Crippen molar-refractivity contribution in [2.24, 2.45) is 0 Å². The standard InChI is InChI=1S/C11H8ClO/c12-11-6-8(7-13)5-9-3-1-2-4-10(9)11/h1-6H,7H2. The molecule has 0 amide bonds. The molecule has 0 heterocycles. The molecule has 2 aromatic rings. The predicted octanol–water partition coefficient (Wildman–Crippen LogP) is 3.42. The number of hydrogen-bond acceptors (Lipinski definition) is 0. The van der Waals surface area contributed by atoms with Gasteiger partial charge in [0.05, 0.1) is 0 Å². The summed E-state index contributed by atoms with van der Waals surface area (Å²) in [5.41, 5.74) is 0.740. The molecule has 0 aliphatic carbocycles. The molecule has 0 N–H and O–H groups in total. The lowest BCUT2D eigenvalue weighted by atomic mass is 10.1. The number of hydrogen-bond donors (Lipinski definition) is 0.